The molecule has 6 heteroatoms. The summed E-state index contributed by atoms with van der Waals surface area (Å²) >= 11 is 0. The molecule has 1 unspecified atom stereocenters. The second-order valence-corrected chi connectivity index (χ2v) is 4.46. The van der Waals surface area contributed by atoms with Crippen LogP contribution < -0.4 is 0 Å². The first-order chi connectivity index (χ1) is 9.51. The molecule has 1 N–H and O–H groups in total. The number of carbonyl (C=O) groups excluding carboxylic acids is 1. The maximum atomic E-state index is 13.8. The molecule has 1 atom stereocenters. The Labute approximate surface area is 117 Å². The Kier molecular flexibility index (Phi) is 6.41. The summed E-state index contributed by atoms with van der Waals surface area (Å²) in [5, 5.41) is 9.19. The van der Waals surface area contributed by atoms with Crippen molar-refractivity contribution in [3.63, 3.8) is 0 Å². The van der Waals surface area contributed by atoms with Crippen LogP contribution in [0.25, 0.3) is 0 Å². The van der Waals surface area contributed by atoms with E-state index in [1.54, 1.807) is 0 Å². The van der Waals surface area contributed by atoms with Crippen LogP contribution in [0.2, 0.25) is 0 Å². The van der Waals surface area contributed by atoms with Gasteiger partial charge in [0, 0.05) is 26.8 Å². The lowest BCUT2D eigenvalue weighted by Crippen LogP contribution is -2.43. The number of aromatic hydroxyl groups is 1. The minimum Gasteiger partial charge on any atom is -0.508 e. The van der Waals surface area contributed by atoms with Crippen molar-refractivity contribution in [2.24, 2.45) is 0 Å². The smallest absolute Gasteiger partial charge is 0.257 e. The van der Waals surface area contributed by atoms with Crippen LogP contribution in [0.1, 0.15) is 17.3 Å². The lowest BCUT2D eigenvalue weighted by Gasteiger charge is -2.28. The summed E-state index contributed by atoms with van der Waals surface area (Å²) in [6.07, 6.45) is 0. The minimum absolute atomic E-state index is 0.0816. The van der Waals surface area contributed by atoms with E-state index in [0.29, 0.717) is 19.8 Å². The molecule has 20 heavy (non-hydrogen) atoms. The molecule has 0 aliphatic rings. The highest BCUT2D eigenvalue weighted by Gasteiger charge is 2.23. The van der Waals surface area contributed by atoms with Gasteiger partial charge >= 0.3 is 0 Å². The van der Waals surface area contributed by atoms with Crippen molar-refractivity contribution in [1.29, 1.82) is 0 Å². The zero-order valence-corrected chi connectivity index (χ0v) is 11.9. The molecule has 0 fully saturated rings. The number of rotatable bonds is 7. The van der Waals surface area contributed by atoms with E-state index in [0.717, 1.165) is 6.07 Å². The van der Waals surface area contributed by atoms with Gasteiger partial charge in [-0.25, -0.2) is 4.39 Å². The maximum Gasteiger partial charge on any atom is 0.257 e. The number of hydrogen-bond acceptors (Lipinski definition) is 4. The summed E-state index contributed by atoms with van der Waals surface area (Å²) in [7, 11) is 3.07. The Bertz CT molecular complexity index is 453. The van der Waals surface area contributed by atoms with Crippen LogP contribution in [0.4, 0.5) is 4.39 Å². The first-order valence-corrected chi connectivity index (χ1v) is 6.28. The molecule has 1 aromatic rings. The number of hydrogen-bond donors (Lipinski definition) is 1. The van der Waals surface area contributed by atoms with Crippen molar-refractivity contribution in [3.8, 4) is 5.75 Å². The predicted molar refractivity (Wildman–Crippen MR) is 72.3 cm³/mol. The molecule has 0 aliphatic heterocycles. The largest absolute Gasteiger partial charge is 0.508 e. The minimum atomic E-state index is -0.748. The molecule has 1 amide bonds. The molecule has 0 spiro atoms. The van der Waals surface area contributed by atoms with Gasteiger partial charge in [-0.3, -0.25) is 4.79 Å². The second kappa shape index (κ2) is 7.81. The molecule has 0 aromatic heterocycles. The molecule has 1 rings (SSSR count). The maximum absolute atomic E-state index is 13.8. The van der Waals surface area contributed by atoms with Crippen molar-refractivity contribution < 1.29 is 23.8 Å². The van der Waals surface area contributed by atoms with Crippen molar-refractivity contribution in [2.45, 2.75) is 13.0 Å². The lowest BCUT2D eigenvalue weighted by molar-refractivity contribution is 0.0475. The number of methoxy groups -OCH3 is 2. The van der Waals surface area contributed by atoms with E-state index in [2.05, 4.69) is 0 Å². The number of halogens is 1. The molecule has 1 aromatic carbocycles. The van der Waals surface area contributed by atoms with Crippen LogP contribution in [-0.2, 0) is 9.47 Å². The first-order valence-electron chi connectivity index (χ1n) is 6.28. The summed E-state index contributed by atoms with van der Waals surface area (Å²) in [5.41, 5.74) is -0.0816. The normalized spacial score (nSPS) is 12.2. The van der Waals surface area contributed by atoms with Gasteiger partial charge in [-0.2, -0.15) is 0 Å². The molecule has 0 heterocycles. The molecule has 112 valence electrons. The third-order valence-electron chi connectivity index (χ3n) is 2.92. The molecule has 0 bridgehead atoms. The van der Waals surface area contributed by atoms with Crippen LogP contribution in [0.3, 0.4) is 0 Å². The van der Waals surface area contributed by atoms with Crippen molar-refractivity contribution in [2.75, 3.05) is 34.0 Å². The predicted octanol–water partition coefficient (Wildman–Crippen LogP) is 1.65. The van der Waals surface area contributed by atoms with E-state index in [1.165, 1.54) is 31.3 Å². The molecule has 0 radical (unpaired) electrons. The van der Waals surface area contributed by atoms with Crippen LogP contribution in [0.15, 0.2) is 18.2 Å². The van der Waals surface area contributed by atoms with Gasteiger partial charge < -0.3 is 19.5 Å². The molecular weight excluding hydrogens is 265 g/mol. The fourth-order valence-electron chi connectivity index (χ4n) is 1.88. The molecular formula is C14H20FNO4. The Morgan fingerprint density at radius 1 is 1.40 bits per heavy atom. The van der Waals surface area contributed by atoms with E-state index in [9.17, 15) is 14.3 Å². The van der Waals surface area contributed by atoms with Gasteiger partial charge in [-0.1, -0.05) is 0 Å². The number of phenols is 1. The van der Waals surface area contributed by atoms with Crippen LogP contribution in [0.5, 0.6) is 5.75 Å². The monoisotopic (exact) mass is 285 g/mol. The highest BCUT2D eigenvalue weighted by atomic mass is 19.1. The Balaban J connectivity index is 2.96. The number of nitrogens with zero attached hydrogens (tertiary/aromatic N) is 1. The van der Waals surface area contributed by atoms with Gasteiger partial charge in [-0.05, 0) is 19.1 Å². The highest BCUT2D eigenvalue weighted by molar-refractivity contribution is 5.94. The van der Waals surface area contributed by atoms with E-state index in [4.69, 9.17) is 9.47 Å². The fraction of sp³-hybridized carbons (Fsp3) is 0.500. The van der Waals surface area contributed by atoms with Gasteiger partial charge in [0.1, 0.15) is 11.6 Å². The zero-order chi connectivity index (χ0) is 15.1. The topological polar surface area (TPSA) is 59.0 Å². The number of benzene rings is 1. The Morgan fingerprint density at radius 3 is 2.65 bits per heavy atom. The van der Waals surface area contributed by atoms with E-state index in [1.807, 2.05) is 6.92 Å². The molecule has 0 aliphatic carbocycles. The van der Waals surface area contributed by atoms with Crippen LogP contribution in [0, 0.1) is 5.82 Å². The summed E-state index contributed by atoms with van der Waals surface area (Å²) in [6.45, 7) is 2.84. The number of phenolic OH excluding ortho intramolecular Hbond substituents is 1. The second-order valence-electron chi connectivity index (χ2n) is 4.46. The average molecular weight is 285 g/mol. The molecule has 5 nitrogen and oxygen atoms in total. The SMILES string of the molecule is COCCN(C(=O)c1ccc(O)cc1F)C(C)COC. The van der Waals surface area contributed by atoms with E-state index >= 15 is 0 Å². The summed E-state index contributed by atoms with van der Waals surface area (Å²) in [6, 6.07) is 3.26. The highest BCUT2D eigenvalue weighted by Crippen LogP contribution is 2.18. The number of amides is 1. The summed E-state index contributed by atoms with van der Waals surface area (Å²) in [4.78, 5) is 13.9. The fourth-order valence-corrected chi connectivity index (χ4v) is 1.88. The van der Waals surface area contributed by atoms with Gasteiger partial charge in [-0.15, -0.1) is 0 Å². The third kappa shape index (κ3) is 4.18. The van der Waals surface area contributed by atoms with E-state index < -0.39 is 11.7 Å². The summed E-state index contributed by atoms with van der Waals surface area (Å²) < 4.78 is 23.8. The summed E-state index contributed by atoms with van der Waals surface area (Å²) in [5.74, 6) is -1.42. The van der Waals surface area contributed by atoms with Crippen molar-refractivity contribution >= 4 is 5.91 Å². The number of ether oxygens (including phenoxy) is 2. The Hall–Kier alpha value is -1.66. The van der Waals surface area contributed by atoms with Crippen molar-refractivity contribution in [3.05, 3.63) is 29.6 Å². The number of carbonyl (C=O) groups is 1. The van der Waals surface area contributed by atoms with Gasteiger partial charge in [0.15, 0.2) is 0 Å². The van der Waals surface area contributed by atoms with Gasteiger partial charge in [0.25, 0.3) is 5.91 Å². The molecule has 0 saturated heterocycles. The van der Waals surface area contributed by atoms with Crippen LogP contribution >= 0.6 is 0 Å². The van der Waals surface area contributed by atoms with E-state index in [-0.39, 0.29) is 17.4 Å². The molecule has 0 saturated carbocycles. The quantitative estimate of drug-likeness (QED) is 0.827. The zero-order valence-electron chi connectivity index (χ0n) is 11.9. The Morgan fingerprint density at radius 2 is 2.10 bits per heavy atom. The van der Waals surface area contributed by atoms with Crippen molar-refractivity contribution in [1.82, 2.24) is 4.90 Å². The third-order valence-corrected chi connectivity index (χ3v) is 2.92. The lowest BCUT2D eigenvalue weighted by atomic mass is 10.1. The van der Waals surface area contributed by atoms with Crippen LogP contribution in [-0.4, -0.2) is 55.9 Å². The standard InChI is InChI=1S/C14H20FNO4/c1-10(9-20-3)16(6-7-19-2)14(18)12-5-4-11(17)8-13(12)15/h4-5,8,10,17H,6-7,9H2,1-3H3. The average Bonchev–Trinajstić information content (AvgIpc) is 2.39. The van der Waals surface area contributed by atoms with Gasteiger partial charge in [0.05, 0.1) is 24.8 Å². The van der Waals surface area contributed by atoms with Gasteiger partial charge in [0.2, 0.25) is 0 Å². The first kappa shape index (κ1) is 16.4.